The molecule has 1 rings (SSSR count). The van der Waals surface area contributed by atoms with Gasteiger partial charge in [-0.3, -0.25) is 9.78 Å². The summed E-state index contributed by atoms with van der Waals surface area (Å²) in [5.41, 5.74) is 1.84. The first-order valence-corrected chi connectivity index (χ1v) is 6.47. The molecule has 0 aliphatic rings. The molecule has 0 bridgehead atoms. The van der Waals surface area contributed by atoms with Crippen molar-refractivity contribution in [2.75, 3.05) is 0 Å². The van der Waals surface area contributed by atoms with Crippen molar-refractivity contribution in [2.24, 2.45) is 11.8 Å². The largest absolute Gasteiger partial charge is 0.294 e. The molecule has 0 N–H and O–H groups in total. The van der Waals surface area contributed by atoms with Gasteiger partial charge in [0.2, 0.25) is 0 Å². The fraction of sp³-hybridized carbons (Fsp3) is 0.600. The molecule has 1 aromatic heterocycles. The van der Waals surface area contributed by atoms with Crippen molar-refractivity contribution in [3.05, 3.63) is 29.6 Å². The summed E-state index contributed by atoms with van der Waals surface area (Å²) in [7, 11) is 0. The average Bonchev–Trinajstić information content (AvgIpc) is 2.25. The predicted molar refractivity (Wildman–Crippen MR) is 71.2 cm³/mol. The Hall–Kier alpha value is -1.18. The van der Waals surface area contributed by atoms with Crippen LogP contribution in [0.5, 0.6) is 0 Å². The monoisotopic (exact) mass is 233 g/mol. The standard InChI is InChI=1S/C15H23NO/c1-11(2)5-6-15(17)13-7-8-16-14(10-13)9-12(3)4/h7-8,10-12H,5-6,9H2,1-4H3. The quantitative estimate of drug-likeness (QED) is 0.697. The number of hydrogen-bond acceptors (Lipinski definition) is 2. The van der Waals surface area contributed by atoms with Gasteiger partial charge in [-0.05, 0) is 36.8 Å². The highest BCUT2D eigenvalue weighted by molar-refractivity contribution is 5.96. The summed E-state index contributed by atoms with van der Waals surface area (Å²) < 4.78 is 0. The summed E-state index contributed by atoms with van der Waals surface area (Å²) in [6.45, 7) is 8.61. The molecule has 0 fully saturated rings. The third kappa shape index (κ3) is 5.12. The third-order valence-electron chi connectivity index (χ3n) is 2.70. The van der Waals surface area contributed by atoms with Crippen molar-refractivity contribution in [1.82, 2.24) is 4.98 Å². The summed E-state index contributed by atoms with van der Waals surface area (Å²) >= 11 is 0. The molecule has 0 saturated heterocycles. The summed E-state index contributed by atoms with van der Waals surface area (Å²) in [6, 6.07) is 3.77. The second-order valence-corrected chi connectivity index (χ2v) is 5.49. The molecule has 94 valence electrons. The molecular formula is C15H23NO. The number of ketones is 1. The van der Waals surface area contributed by atoms with Gasteiger partial charge in [0.05, 0.1) is 0 Å². The first-order valence-electron chi connectivity index (χ1n) is 6.47. The van der Waals surface area contributed by atoms with E-state index in [0.29, 0.717) is 18.3 Å². The van der Waals surface area contributed by atoms with Gasteiger partial charge in [0.25, 0.3) is 0 Å². The van der Waals surface area contributed by atoms with Crippen molar-refractivity contribution in [2.45, 2.75) is 47.0 Å². The van der Waals surface area contributed by atoms with E-state index in [9.17, 15) is 4.79 Å². The topological polar surface area (TPSA) is 30.0 Å². The smallest absolute Gasteiger partial charge is 0.163 e. The summed E-state index contributed by atoms with van der Waals surface area (Å²) in [5, 5.41) is 0. The molecule has 0 unspecified atom stereocenters. The maximum atomic E-state index is 12.0. The molecule has 0 radical (unpaired) electrons. The number of Topliss-reactive ketones (excluding diaryl/α,β-unsaturated/α-hetero) is 1. The normalized spacial score (nSPS) is 11.2. The van der Waals surface area contributed by atoms with E-state index in [1.807, 2.05) is 12.1 Å². The van der Waals surface area contributed by atoms with Gasteiger partial charge in [0, 0.05) is 23.9 Å². The van der Waals surface area contributed by atoms with Crippen LogP contribution in [0.25, 0.3) is 0 Å². The first kappa shape index (κ1) is 13.9. The van der Waals surface area contributed by atoms with Crippen LogP contribution in [0.1, 0.15) is 56.6 Å². The Morgan fingerprint density at radius 1 is 1.24 bits per heavy atom. The SMILES string of the molecule is CC(C)CCC(=O)c1ccnc(CC(C)C)c1. The minimum absolute atomic E-state index is 0.242. The molecule has 2 nitrogen and oxygen atoms in total. The average molecular weight is 233 g/mol. The van der Waals surface area contributed by atoms with Gasteiger partial charge >= 0.3 is 0 Å². The molecule has 0 spiro atoms. The fourth-order valence-corrected chi connectivity index (χ4v) is 1.75. The van der Waals surface area contributed by atoms with Crippen LogP contribution < -0.4 is 0 Å². The molecule has 0 amide bonds. The molecule has 17 heavy (non-hydrogen) atoms. The van der Waals surface area contributed by atoms with Gasteiger partial charge in [-0.2, -0.15) is 0 Å². The van der Waals surface area contributed by atoms with Crippen LogP contribution in [0.4, 0.5) is 0 Å². The van der Waals surface area contributed by atoms with Crippen LogP contribution in [0.3, 0.4) is 0 Å². The molecule has 0 aromatic carbocycles. The Balaban J connectivity index is 2.67. The molecule has 1 aromatic rings. The number of carbonyl (C=O) groups excluding carboxylic acids is 1. The zero-order valence-corrected chi connectivity index (χ0v) is 11.4. The minimum atomic E-state index is 0.242. The van der Waals surface area contributed by atoms with Crippen molar-refractivity contribution in [3.8, 4) is 0 Å². The second kappa shape index (κ2) is 6.53. The van der Waals surface area contributed by atoms with Crippen LogP contribution in [0.2, 0.25) is 0 Å². The first-order chi connectivity index (χ1) is 7.99. The molecule has 0 atom stereocenters. The number of aromatic nitrogens is 1. The lowest BCUT2D eigenvalue weighted by molar-refractivity contribution is 0.0975. The van der Waals surface area contributed by atoms with Crippen molar-refractivity contribution >= 4 is 5.78 Å². The zero-order valence-electron chi connectivity index (χ0n) is 11.4. The summed E-state index contributed by atoms with van der Waals surface area (Å²) in [4.78, 5) is 16.3. The van der Waals surface area contributed by atoms with E-state index in [0.717, 1.165) is 24.1 Å². The van der Waals surface area contributed by atoms with Gasteiger partial charge in [0.15, 0.2) is 5.78 Å². The summed E-state index contributed by atoms with van der Waals surface area (Å²) in [5.74, 6) is 1.39. The van der Waals surface area contributed by atoms with Crippen LogP contribution in [-0.4, -0.2) is 10.8 Å². The van der Waals surface area contributed by atoms with Gasteiger partial charge in [0.1, 0.15) is 0 Å². The van der Waals surface area contributed by atoms with Gasteiger partial charge < -0.3 is 0 Å². The van der Waals surface area contributed by atoms with Gasteiger partial charge in [-0.25, -0.2) is 0 Å². The van der Waals surface area contributed by atoms with E-state index in [-0.39, 0.29) is 5.78 Å². The number of rotatable bonds is 6. The predicted octanol–water partition coefficient (Wildman–Crippen LogP) is 3.90. The number of nitrogens with zero attached hydrogens (tertiary/aromatic N) is 1. The van der Waals surface area contributed by atoms with E-state index in [1.54, 1.807) is 6.20 Å². The van der Waals surface area contributed by atoms with E-state index in [1.165, 1.54) is 0 Å². The van der Waals surface area contributed by atoms with E-state index in [4.69, 9.17) is 0 Å². The third-order valence-corrected chi connectivity index (χ3v) is 2.70. The van der Waals surface area contributed by atoms with E-state index in [2.05, 4.69) is 32.7 Å². The van der Waals surface area contributed by atoms with Gasteiger partial charge in [-0.15, -0.1) is 0 Å². The highest BCUT2D eigenvalue weighted by Crippen LogP contribution is 2.12. The zero-order chi connectivity index (χ0) is 12.8. The van der Waals surface area contributed by atoms with Crippen molar-refractivity contribution in [3.63, 3.8) is 0 Å². The fourth-order valence-electron chi connectivity index (χ4n) is 1.75. The van der Waals surface area contributed by atoms with Crippen LogP contribution in [0, 0.1) is 11.8 Å². The van der Waals surface area contributed by atoms with Crippen molar-refractivity contribution in [1.29, 1.82) is 0 Å². The lowest BCUT2D eigenvalue weighted by atomic mass is 10.00. The van der Waals surface area contributed by atoms with Crippen molar-refractivity contribution < 1.29 is 4.79 Å². The number of carbonyl (C=O) groups is 1. The molecule has 0 aliphatic heterocycles. The highest BCUT2D eigenvalue weighted by Gasteiger charge is 2.08. The molecule has 1 heterocycles. The maximum Gasteiger partial charge on any atom is 0.163 e. The lowest BCUT2D eigenvalue weighted by Gasteiger charge is -2.07. The van der Waals surface area contributed by atoms with E-state index < -0.39 is 0 Å². The van der Waals surface area contributed by atoms with Gasteiger partial charge in [-0.1, -0.05) is 27.7 Å². The number of pyridine rings is 1. The minimum Gasteiger partial charge on any atom is -0.294 e. The highest BCUT2D eigenvalue weighted by atomic mass is 16.1. The van der Waals surface area contributed by atoms with E-state index >= 15 is 0 Å². The molecule has 2 heteroatoms. The Morgan fingerprint density at radius 2 is 1.94 bits per heavy atom. The molecule has 0 saturated carbocycles. The summed E-state index contributed by atoms with van der Waals surface area (Å²) in [6.07, 6.45) is 4.29. The molecule has 0 aliphatic carbocycles. The Kier molecular flexibility index (Phi) is 5.33. The van der Waals surface area contributed by atoms with Crippen LogP contribution >= 0.6 is 0 Å². The second-order valence-electron chi connectivity index (χ2n) is 5.49. The lowest BCUT2D eigenvalue weighted by Crippen LogP contribution is -2.04. The number of hydrogen-bond donors (Lipinski definition) is 0. The molecular weight excluding hydrogens is 210 g/mol. The Morgan fingerprint density at radius 3 is 2.53 bits per heavy atom. The Bertz CT molecular complexity index is 369. The maximum absolute atomic E-state index is 12.0. The Labute approximate surface area is 104 Å². The van der Waals surface area contributed by atoms with Crippen LogP contribution in [-0.2, 0) is 6.42 Å². The van der Waals surface area contributed by atoms with Crippen LogP contribution in [0.15, 0.2) is 18.3 Å².